The lowest BCUT2D eigenvalue weighted by Crippen LogP contribution is -2.28. The maximum Gasteiger partial charge on any atom is 0.335 e. The summed E-state index contributed by atoms with van der Waals surface area (Å²) in [6.45, 7) is 8.04. The van der Waals surface area contributed by atoms with Gasteiger partial charge in [0.05, 0.1) is 16.2 Å². The zero-order valence-electron chi connectivity index (χ0n) is 17.7. The summed E-state index contributed by atoms with van der Waals surface area (Å²) in [5.41, 5.74) is 2.07. The molecule has 2 aromatic carbocycles. The number of hydrogen-bond donors (Lipinski definition) is 2. The van der Waals surface area contributed by atoms with E-state index in [0.29, 0.717) is 27.9 Å². The van der Waals surface area contributed by atoms with Crippen LogP contribution in [0.2, 0.25) is 0 Å². The van der Waals surface area contributed by atoms with Crippen LogP contribution in [0, 0.1) is 0 Å². The molecule has 1 fully saturated rings. The molecule has 1 amide bonds. The molecule has 0 radical (unpaired) electrons. The Balaban J connectivity index is 1.92. The van der Waals surface area contributed by atoms with Gasteiger partial charge in [-0.3, -0.25) is 9.69 Å². The smallest absolute Gasteiger partial charge is 0.335 e. The molecule has 2 aromatic rings. The summed E-state index contributed by atoms with van der Waals surface area (Å²) in [7, 11) is 0. The molecule has 0 aliphatic carbocycles. The van der Waals surface area contributed by atoms with E-state index in [1.165, 1.54) is 28.8 Å². The average molecular weight is 440 g/mol. The van der Waals surface area contributed by atoms with Gasteiger partial charge >= 0.3 is 5.97 Å². The third-order valence-electron chi connectivity index (χ3n) is 4.95. The SMILES string of the molecule is CCN1C(=O)/C(=C/c2ccc(N(CC)CC)cc2O)SC1=Nc1cccc(C(=O)O)c1. The standard InChI is InChI=1S/C23H25N3O4S/c1-4-25(5-2)18-11-10-15(19(27)14-18)13-20-21(28)26(6-3)23(31-20)24-17-9-7-8-16(12-17)22(29)30/h7-14,27H,4-6H2,1-3H3,(H,29,30)/b20-13-,24-23?. The number of carboxylic acid groups (broad SMARTS) is 1. The van der Waals surface area contributed by atoms with Crippen LogP contribution in [0.3, 0.4) is 0 Å². The molecule has 3 rings (SSSR count). The first-order chi connectivity index (χ1) is 14.9. The molecule has 0 aromatic heterocycles. The fourth-order valence-corrected chi connectivity index (χ4v) is 4.32. The molecule has 1 aliphatic rings. The van der Waals surface area contributed by atoms with Gasteiger partial charge < -0.3 is 15.1 Å². The summed E-state index contributed by atoms with van der Waals surface area (Å²) in [5, 5.41) is 20.1. The van der Waals surface area contributed by atoms with Crippen molar-refractivity contribution in [2.24, 2.45) is 4.99 Å². The molecule has 0 atom stereocenters. The number of amides is 1. The third-order valence-corrected chi connectivity index (χ3v) is 5.96. The van der Waals surface area contributed by atoms with Crippen molar-refractivity contribution >= 4 is 46.3 Å². The minimum Gasteiger partial charge on any atom is -0.507 e. The fraction of sp³-hybridized carbons (Fsp3) is 0.261. The second-order valence-corrected chi connectivity index (χ2v) is 7.83. The van der Waals surface area contributed by atoms with Crippen LogP contribution >= 0.6 is 11.8 Å². The molecule has 0 unspecified atom stereocenters. The minimum atomic E-state index is -1.03. The number of rotatable bonds is 7. The summed E-state index contributed by atoms with van der Waals surface area (Å²) >= 11 is 1.20. The highest BCUT2D eigenvalue weighted by molar-refractivity contribution is 8.18. The number of thioether (sulfide) groups is 1. The van der Waals surface area contributed by atoms with Crippen LogP contribution in [-0.4, -0.2) is 51.8 Å². The van der Waals surface area contributed by atoms with Crippen molar-refractivity contribution < 1.29 is 19.8 Å². The topological polar surface area (TPSA) is 93.4 Å². The number of carbonyl (C=O) groups excluding carboxylic acids is 1. The Morgan fingerprint density at radius 1 is 1.16 bits per heavy atom. The minimum absolute atomic E-state index is 0.105. The molecule has 1 aliphatic heterocycles. The van der Waals surface area contributed by atoms with Crippen molar-refractivity contribution in [2.45, 2.75) is 20.8 Å². The van der Waals surface area contributed by atoms with Gasteiger partial charge in [0.1, 0.15) is 5.75 Å². The van der Waals surface area contributed by atoms with Crippen LogP contribution in [0.5, 0.6) is 5.75 Å². The van der Waals surface area contributed by atoms with Crippen molar-refractivity contribution in [3.63, 3.8) is 0 Å². The summed E-state index contributed by atoms with van der Waals surface area (Å²) < 4.78 is 0. The summed E-state index contributed by atoms with van der Waals surface area (Å²) in [6.07, 6.45) is 1.66. The van der Waals surface area contributed by atoms with Crippen LogP contribution in [0.4, 0.5) is 11.4 Å². The van der Waals surface area contributed by atoms with E-state index in [-0.39, 0.29) is 17.2 Å². The van der Waals surface area contributed by atoms with Gasteiger partial charge in [0, 0.05) is 37.0 Å². The molecule has 2 N–H and O–H groups in total. The first-order valence-corrected chi connectivity index (χ1v) is 10.9. The van der Waals surface area contributed by atoms with Gasteiger partial charge in [-0.25, -0.2) is 9.79 Å². The number of aliphatic imine (C=N–C) groups is 1. The van der Waals surface area contributed by atoms with Crippen molar-refractivity contribution in [1.82, 2.24) is 4.90 Å². The van der Waals surface area contributed by atoms with E-state index in [1.807, 2.05) is 13.0 Å². The van der Waals surface area contributed by atoms with Crippen LogP contribution < -0.4 is 4.90 Å². The van der Waals surface area contributed by atoms with Crippen molar-refractivity contribution in [3.8, 4) is 5.75 Å². The van der Waals surface area contributed by atoms with Gasteiger partial charge in [0.25, 0.3) is 5.91 Å². The van der Waals surface area contributed by atoms with Gasteiger partial charge in [-0.05, 0) is 68.9 Å². The first kappa shape index (κ1) is 22.4. The molecule has 1 saturated heterocycles. The fourth-order valence-electron chi connectivity index (χ4n) is 3.27. The Morgan fingerprint density at radius 2 is 1.90 bits per heavy atom. The number of anilines is 1. The Hall–Kier alpha value is -3.26. The zero-order valence-corrected chi connectivity index (χ0v) is 18.5. The Kier molecular flexibility index (Phi) is 7.02. The van der Waals surface area contributed by atoms with E-state index in [0.717, 1.165) is 18.8 Å². The quantitative estimate of drug-likeness (QED) is 0.615. The molecular formula is C23H25N3O4S. The van der Waals surface area contributed by atoms with Gasteiger partial charge in [-0.15, -0.1) is 0 Å². The number of carbonyl (C=O) groups is 2. The van der Waals surface area contributed by atoms with Gasteiger partial charge in [-0.2, -0.15) is 0 Å². The van der Waals surface area contributed by atoms with Crippen LogP contribution in [0.1, 0.15) is 36.7 Å². The molecule has 162 valence electrons. The van der Waals surface area contributed by atoms with Gasteiger partial charge in [-0.1, -0.05) is 6.07 Å². The van der Waals surface area contributed by atoms with E-state index in [9.17, 15) is 19.8 Å². The lowest BCUT2D eigenvalue weighted by atomic mass is 10.1. The number of phenols is 1. The largest absolute Gasteiger partial charge is 0.507 e. The van der Waals surface area contributed by atoms with E-state index in [4.69, 9.17) is 0 Å². The Bertz CT molecular complexity index is 1060. The average Bonchev–Trinajstić information content (AvgIpc) is 3.04. The molecule has 8 heteroatoms. The number of aromatic hydroxyl groups is 1. The predicted octanol–water partition coefficient (Wildman–Crippen LogP) is 4.56. The van der Waals surface area contributed by atoms with Gasteiger partial charge in [0.2, 0.25) is 0 Å². The number of amidine groups is 1. The normalized spacial score (nSPS) is 16.4. The maximum absolute atomic E-state index is 12.9. The Morgan fingerprint density at radius 3 is 2.52 bits per heavy atom. The number of likely N-dealkylation sites (N-methyl/N-ethyl adjacent to an activating group) is 1. The zero-order chi connectivity index (χ0) is 22.5. The Labute approximate surface area is 185 Å². The second kappa shape index (κ2) is 9.70. The predicted molar refractivity (Wildman–Crippen MR) is 125 cm³/mol. The number of phenolic OH excluding ortho intramolecular Hbond substituents is 1. The number of aromatic carboxylic acids is 1. The van der Waals surface area contributed by atoms with Crippen LogP contribution in [-0.2, 0) is 4.79 Å². The van der Waals surface area contributed by atoms with Crippen LogP contribution in [0.25, 0.3) is 6.08 Å². The van der Waals surface area contributed by atoms with E-state index in [1.54, 1.807) is 30.3 Å². The third kappa shape index (κ3) is 4.91. The van der Waals surface area contributed by atoms with Crippen molar-refractivity contribution in [2.75, 3.05) is 24.5 Å². The number of carboxylic acids is 1. The number of hydrogen-bond acceptors (Lipinski definition) is 6. The number of benzene rings is 2. The monoisotopic (exact) mass is 439 g/mol. The second-order valence-electron chi connectivity index (χ2n) is 6.83. The summed E-state index contributed by atoms with van der Waals surface area (Å²) in [5.74, 6) is -1.13. The molecule has 0 saturated carbocycles. The lowest BCUT2D eigenvalue weighted by Gasteiger charge is -2.21. The first-order valence-electron chi connectivity index (χ1n) is 10.1. The van der Waals surface area contributed by atoms with Gasteiger partial charge in [0.15, 0.2) is 5.17 Å². The molecule has 31 heavy (non-hydrogen) atoms. The molecule has 0 bridgehead atoms. The highest BCUT2D eigenvalue weighted by atomic mass is 32.2. The number of nitrogens with zero attached hydrogens (tertiary/aromatic N) is 3. The van der Waals surface area contributed by atoms with E-state index < -0.39 is 5.97 Å². The lowest BCUT2D eigenvalue weighted by molar-refractivity contribution is -0.122. The molecular weight excluding hydrogens is 414 g/mol. The van der Waals surface area contributed by atoms with Crippen LogP contribution in [0.15, 0.2) is 52.4 Å². The highest BCUT2D eigenvalue weighted by Gasteiger charge is 2.32. The molecule has 1 heterocycles. The highest BCUT2D eigenvalue weighted by Crippen LogP contribution is 2.36. The summed E-state index contributed by atoms with van der Waals surface area (Å²) in [4.78, 5) is 32.7. The molecule has 0 spiro atoms. The van der Waals surface area contributed by atoms with Crippen molar-refractivity contribution in [1.29, 1.82) is 0 Å². The molecule has 7 nitrogen and oxygen atoms in total. The van der Waals surface area contributed by atoms with Crippen molar-refractivity contribution in [3.05, 3.63) is 58.5 Å². The maximum atomic E-state index is 12.9. The van der Waals surface area contributed by atoms with E-state index in [2.05, 4.69) is 23.7 Å². The van der Waals surface area contributed by atoms with E-state index >= 15 is 0 Å². The summed E-state index contributed by atoms with van der Waals surface area (Å²) in [6, 6.07) is 11.7.